The van der Waals surface area contributed by atoms with Gasteiger partial charge in [-0.15, -0.1) is 0 Å². The Hall–Kier alpha value is -2.74. The molecule has 3 aromatic rings. The quantitative estimate of drug-likeness (QED) is 0.690. The summed E-state index contributed by atoms with van der Waals surface area (Å²) in [7, 11) is 0. The molecule has 1 aliphatic rings. The predicted molar refractivity (Wildman–Crippen MR) is 92.3 cm³/mol. The lowest BCUT2D eigenvalue weighted by atomic mass is 10.2. The zero-order chi connectivity index (χ0) is 18.3. The normalized spacial score (nSPS) is 16.9. The number of hydrogen-bond donors (Lipinski definition) is 0. The van der Waals surface area contributed by atoms with E-state index in [2.05, 4.69) is 4.99 Å². The zero-order valence-corrected chi connectivity index (χ0v) is 14.6. The number of hydrogen-bond acceptors (Lipinski definition) is 4. The van der Waals surface area contributed by atoms with Gasteiger partial charge < -0.3 is 14.0 Å². The molecule has 1 atom stereocenters. The summed E-state index contributed by atoms with van der Waals surface area (Å²) in [5, 5.41) is 0. The maximum atomic E-state index is 14.1. The van der Waals surface area contributed by atoms with Crippen LogP contribution in [0.5, 0.6) is 11.5 Å². The number of ether oxygens (including phenoxy) is 2. The molecule has 0 aliphatic carbocycles. The van der Waals surface area contributed by atoms with Crippen molar-refractivity contribution in [3.05, 3.63) is 52.8 Å². The van der Waals surface area contributed by atoms with Gasteiger partial charge in [0.1, 0.15) is 12.4 Å². The third-order valence-electron chi connectivity index (χ3n) is 4.00. The largest absolute Gasteiger partial charge is 0.485 e. The molecule has 0 saturated heterocycles. The van der Waals surface area contributed by atoms with Crippen molar-refractivity contribution in [2.75, 3.05) is 6.61 Å². The Kier molecular flexibility index (Phi) is 4.20. The number of rotatable bonds is 2. The number of thiazole rings is 1. The van der Waals surface area contributed by atoms with Crippen LogP contribution < -0.4 is 14.3 Å². The van der Waals surface area contributed by atoms with Crippen LogP contribution in [0.25, 0.3) is 10.2 Å². The van der Waals surface area contributed by atoms with Crippen molar-refractivity contribution in [3.63, 3.8) is 0 Å². The monoisotopic (exact) mass is 376 g/mol. The van der Waals surface area contributed by atoms with Crippen molar-refractivity contribution < 1.29 is 23.0 Å². The third-order valence-corrected chi connectivity index (χ3v) is 5.03. The van der Waals surface area contributed by atoms with E-state index in [9.17, 15) is 13.6 Å². The molecule has 134 valence electrons. The van der Waals surface area contributed by atoms with Gasteiger partial charge in [-0.05, 0) is 25.1 Å². The smallest absolute Gasteiger partial charge is 0.292 e. The molecule has 1 aromatic heterocycles. The molecule has 2 heterocycles. The number of aromatic nitrogens is 1. The third kappa shape index (κ3) is 2.86. The van der Waals surface area contributed by atoms with Crippen molar-refractivity contribution in [1.29, 1.82) is 0 Å². The summed E-state index contributed by atoms with van der Waals surface area (Å²) in [5.41, 5.74) is 0.233. The van der Waals surface area contributed by atoms with Crippen LogP contribution in [-0.2, 0) is 11.3 Å². The van der Waals surface area contributed by atoms with Gasteiger partial charge in [0.15, 0.2) is 22.1 Å². The van der Waals surface area contributed by atoms with Gasteiger partial charge in [-0.25, -0.2) is 8.78 Å². The van der Waals surface area contributed by atoms with Crippen molar-refractivity contribution in [3.8, 4) is 11.5 Å². The molecule has 0 fully saturated rings. The highest BCUT2D eigenvalue weighted by Crippen LogP contribution is 2.31. The summed E-state index contributed by atoms with van der Waals surface area (Å²) in [6.45, 7) is 2.23. The number of nitrogens with zero attached hydrogens (tertiary/aromatic N) is 2. The molecule has 1 amide bonds. The van der Waals surface area contributed by atoms with E-state index in [1.807, 2.05) is 6.07 Å². The number of amides is 1. The number of benzene rings is 2. The van der Waals surface area contributed by atoms with E-state index in [0.29, 0.717) is 27.5 Å². The SMILES string of the molecule is CCn1c(=NC(=O)C2COc3ccccc3O2)sc2cc(F)cc(F)c21. The minimum atomic E-state index is -0.887. The maximum Gasteiger partial charge on any atom is 0.292 e. The Labute approximate surface area is 151 Å². The highest BCUT2D eigenvalue weighted by molar-refractivity contribution is 7.16. The summed E-state index contributed by atoms with van der Waals surface area (Å²) < 4.78 is 40.7. The van der Waals surface area contributed by atoms with Crippen LogP contribution >= 0.6 is 11.3 Å². The van der Waals surface area contributed by atoms with Gasteiger partial charge in [0, 0.05) is 12.6 Å². The number of fused-ring (bicyclic) bond motifs is 2. The summed E-state index contributed by atoms with van der Waals surface area (Å²) in [5.74, 6) is -0.843. The van der Waals surface area contributed by atoms with Gasteiger partial charge in [-0.2, -0.15) is 4.99 Å². The molecule has 0 bridgehead atoms. The van der Waals surface area contributed by atoms with Gasteiger partial charge >= 0.3 is 0 Å². The van der Waals surface area contributed by atoms with Gasteiger partial charge in [0.25, 0.3) is 5.91 Å². The molecule has 0 radical (unpaired) electrons. The summed E-state index contributed by atoms with van der Waals surface area (Å²) in [4.78, 5) is 16.9. The highest BCUT2D eigenvalue weighted by atomic mass is 32.1. The lowest BCUT2D eigenvalue weighted by molar-refractivity contribution is -0.127. The van der Waals surface area contributed by atoms with E-state index < -0.39 is 23.6 Å². The van der Waals surface area contributed by atoms with Crippen molar-refractivity contribution in [2.45, 2.75) is 19.6 Å². The van der Waals surface area contributed by atoms with E-state index in [0.717, 1.165) is 17.4 Å². The molecule has 5 nitrogen and oxygen atoms in total. The Morgan fingerprint density at radius 3 is 2.85 bits per heavy atom. The minimum Gasteiger partial charge on any atom is -0.485 e. The maximum absolute atomic E-state index is 14.1. The first-order valence-electron chi connectivity index (χ1n) is 8.02. The van der Waals surface area contributed by atoms with E-state index in [-0.39, 0.29) is 12.1 Å². The fourth-order valence-electron chi connectivity index (χ4n) is 2.82. The highest BCUT2D eigenvalue weighted by Gasteiger charge is 2.27. The second-order valence-electron chi connectivity index (χ2n) is 5.68. The lowest BCUT2D eigenvalue weighted by Crippen LogP contribution is -2.36. The first-order valence-corrected chi connectivity index (χ1v) is 8.84. The fourth-order valence-corrected chi connectivity index (χ4v) is 3.95. The number of carbonyl (C=O) groups is 1. The molecule has 0 N–H and O–H groups in total. The van der Waals surface area contributed by atoms with Crippen LogP contribution in [0, 0.1) is 11.6 Å². The topological polar surface area (TPSA) is 52.8 Å². The van der Waals surface area contributed by atoms with Crippen LogP contribution in [0.3, 0.4) is 0 Å². The molecule has 0 saturated carbocycles. The van der Waals surface area contributed by atoms with Gasteiger partial charge in [0.2, 0.25) is 6.10 Å². The Bertz CT molecular complexity index is 1070. The average molecular weight is 376 g/mol. The summed E-state index contributed by atoms with van der Waals surface area (Å²) in [6, 6.07) is 9.10. The van der Waals surface area contributed by atoms with Crippen molar-refractivity contribution >= 4 is 27.5 Å². The first-order chi connectivity index (χ1) is 12.6. The molecule has 1 aliphatic heterocycles. The average Bonchev–Trinajstić information content (AvgIpc) is 2.98. The van der Waals surface area contributed by atoms with Gasteiger partial charge in [0.05, 0.1) is 10.2 Å². The minimum absolute atomic E-state index is 0.0410. The molecule has 26 heavy (non-hydrogen) atoms. The summed E-state index contributed by atoms with van der Waals surface area (Å²) >= 11 is 1.05. The zero-order valence-electron chi connectivity index (χ0n) is 13.7. The number of aryl methyl sites for hydroxylation is 1. The van der Waals surface area contributed by atoms with Gasteiger partial charge in [-0.3, -0.25) is 4.79 Å². The van der Waals surface area contributed by atoms with E-state index in [1.54, 1.807) is 29.7 Å². The number of para-hydroxylation sites is 2. The predicted octanol–water partition coefficient (Wildman–Crippen LogP) is 3.27. The second kappa shape index (κ2) is 6.53. The molecule has 1 unspecified atom stereocenters. The molecule has 2 aromatic carbocycles. The standard InChI is InChI=1S/C18H14F2N2O3S/c1-2-22-16-11(20)7-10(19)8-15(16)26-18(22)21-17(23)14-9-24-12-5-3-4-6-13(12)25-14/h3-8,14H,2,9H2,1H3. The van der Waals surface area contributed by atoms with Crippen LogP contribution in [0.1, 0.15) is 6.92 Å². The van der Waals surface area contributed by atoms with Crippen LogP contribution in [0.2, 0.25) is 0 Å². The Balaban J connectivity index is 1.72. The number of halogens is 2. The molecular formula is C18H14F2N2O3S. The Morgan fingerprint density at radius 2 is 2.08 bits per heavy atom. The van der Waals surface area contributed by atoms with Crippen molar-refractivity contribution in [2.24, 2.45) is 4.99 Å². The van der Waals surface area contributed by atoms with Crippen LogP contribution in [0.15, 0.2) is 41.4 Å². The van der Waals surface area contributed by atoms with Crippen LogP contribution in [0.4, 0.5) is 8.78 Å². The van der Waals surface area contributed by atoms with E-state index >= 15 is 0 Å². The van der Waals surface area contributed by atoms with Crippen molar-refractivity contribution in [1.82, 2.24) is 4.57 Å². The second-order valence-corrected chi connectivity index (χ2v) is 6.69. The van der Waals surface area contributed by atoms with E-state index in [1.165, 1.54) is 6.07 Å². The van der Waals surface area contributed by atoms with Crippen LogP contribution in [-0.4, -0.2) is 23.2 Å². The van der Waals surface area contributed by atoms with Gasteiger partial charge in [-0.1, -0.05) is 23.5 Å². The molecule has 4 rings (SSSR count). The lowest BCUT2D eigenvalue weighted by Gasteiger charge is -2.23. The fraction of sp³-hybridized carbons (Fsp3) is 0.222. The molecule has 8 heteroatoms. The Morgan fingerprint density at radius 1 is 1.31 bits per heavy atom. The number of carbonyl (C=O) groups excluding carboxylic acids is 1. The molecular weight excluding hydrogens is 362 g/mol. The summed E-state index contributed by atoms with van der Waals surface area (Å²) in [6.07, 6.45) is -0.887. The molecule has 0 spiro atoms. The van der Waals surface area contributed by atoms with E-state index in [4.69, 9.17) is 9.47 Å². The first kappa shape index (κ1) is 16.7.